The highest BCUT2D eigenvalue weighted by molar-refractivity contribution is 5.77. The van der Waals surface area contributed by atoms with Gasteiger partial charge in [0, 0.05) is 32.1 Å². The molecule has 2 rings (SSSR count). The van der Waals surface area contributed by atoms with Crippen LogP contribution in [0.2, 0.25) is 0 Å². The van der Waals surface area contributed by atoms with Crippen molar-refractivity contribution in [3.05, 3.63) is 35.4 Å². The molecule has 114 valence electrons. The zero-order valence-corrected chi connectivity index (χ0v) is 13.2. The Balaban J connectivity index is 0.00000106. The molecule has 1 aromatic carbocycles. The molecule has 1 unspecified atom stereocenters. The maximum Gasteiger partial charge on any atom is 0.223 e. The molecule has 1 heterocycles. The van der Waals surface area contributed by atoms with E-state index in [1.807, 2.05) is 30.9 Å². The number of nitrogens with zero attached hydrogens (tertiary/aromatic N) is 2. The molecule has 1 saturated heterocycles. The predicted molar refractivity (Wildman–Crippen MR) is 84.9 cm³/mol. The van der Waals surface area contributed by atoms with Gasteiger partial charge < -0.3 is 10.2 Å². The van der Waals surface area contributed by atoms with Crippen LogP contribution in [0.5, 0.6) is 0 Å². The number of carbonyl (C=O) groups is 1. The average molecular weight is 287 g/mol. The van der Waals surface area contributed by atoms with Gasteiger partial charge in [0.25, 0.3) is 0 Å². The van der Waals surface area contributed by atoms with Crippen LogP contribution in [-0.2, 0) is 11.2 Å². The summed E-state index contributed by atoms with van der Waals surface area (Å²) in [6.45, 7) is 8.63. The maximum absolute atomic E-state index is 12.2. The lowest BCUT2D eigenvalue weighted by molar-refractivity contribution is -0.133. The van der Waals surface area contributed by atoms with Crippen molar-refractivity contribution in [2.45, 2.75) is 39.7 Å². The van der Waals surface area contributed by atoms with Crippen molar-refractivity contribution < 1.29 is 4.79 Å². The van der Waals surface area contributed by atoms with Crippen LogP contribution in [0.3, 0.4) is 0 Å². The number of benzene rings is 1. The normalized spacial score (nSPS) is 17.4. The van der Waals surface area contributed by atoms with Gasteiger partial charge in [0.1, 0.15) is 0 Å². The van der Waals surface area contributed by atoms with Gasteiger partial charge in [-0.05, 0) is 31.0 Å². The smallest absolute Gasteiger partial charge is 0.223 e. The molecule has 1 aliphatic heterocycles. The van der Waals surface area contributed by atoms with Crippen molar-refractivity contribution in [3.8, 4) is 6.07 Å². The van der Waals surface area contributed by atoms with E-state index in [-0.39, 0.29) is 11.9 Å². The van der Waals surface area contributed by atoms with Crippen LogP contribution in [0.25, 0.3) is 0 Å². The topological polar surface area (TPSA) is 56.1 Å². The van der Waals surface area contributed by atoms with E-state index in [9.17, 15) is 4.79 Å². The number of rotatable bonds is 3. The molecular formula is C17H25N3O. The fraction of sp³-hybridized carbons (Fsp3) is 0.529. The third-order valence-electron chi connectivity index (χ3n) is 3.53. The van der Waals surface area contributed by atoms with Gasteiger partial charge in [-0.2, -0.15) is 5.26 Å². The van der Waals surface area contributed by atoms with Crippen molar-refractivity contribution in [2.24, 2.45) is 0 Å². The van der Waals surface area contributed by atoms with E-state index >= 15 is 0 Å². The second kappa shape index (κ2) is 9.15. The first-order valence-electron chi connectivity index (χ1n) is 7.70. The quantitative estimate of drug-likeness (QED) is 0.928. The third-order valence-corrected chi connectivity index (χ3v) is 3.53. The Kier molecular flexibility index (Phi) is 7.49. The van der Waals surface area contributed by atoms with Crippen molar-refractivity contribution >= 4 is 5.91 Å². The minimum atomic E-state index is 0.221. The number of nitrogens with one attached hydrogen (secondary N) is 1. The molecule has 1 N–H and O–H groups in total. The number of hydrogen-bond donors (Lipinski definition) is 1. The highest BCUT2D eigenvalue weighted by Gasteiger charge is 2.22. The highest BCUT2D eigenvalue weighted by atomic mass is 16.2. The monoisotopic (exact) mass is 287 g/mol. The Bertz CT molecular complexity index is 476. The van der Waals surface area contributed by atoms with E-state index in [2.05, 4.69) is 18.3 Å². The summed E-state index contributed by atoms with van der Waals surface area (Å²) < 4.78 is 0. The van der Waals surface area contributed by atoms with E-state index in [0.29, 0.717) is 12.0 Å². The first-order valence-corrected chi connectivity index (χ1v) is 7.70. The minimum Gasteiger partial charge on any atom is -0.337 e. The molecule has 0 radical (unpaired) electrons. The van der Waals surface area contributed by atoms with Crippen LogP contribution in [-0.4, -0.2) is 36.5 Å². The van der Waals surface area contributed by atoms with Gasteiger partial charge in [0.05, 0.1) is 11.6 Å². The molecular weight excluding hydrogens is 262 g/mol. The van der Waals surface area contributed by atoms with Crippen LogP contribution < -0.4 is 5.32 Å². The summed E-state index contributed by atoms with van der Waals surface area (Å²) in [5, 5.41) is 12.0. The molecule has 4 heteroatoms. The summed E-state index contributed by atoms with van der Waals surface area (Å²) in [5.41, 5.74) is 1.76. The van der Waals surface area contributed by atoms with Crippen LogP contribution >= 0.6 is 0 Å². The summed E-state index contributed by atoms with van der Waals surface area (Å²) in [6, 6.07) is 9.82. The van der Waals surface area contributed by atoms with Gasteiger partial charge in [0.15, 0.2) is 0 Å². The molecule has 0 aromatic heterocycles. The molecule has 1 fully saturated rings. The molecule has 0 saturated carbocycles. The number of amides is 1. The van der Waals surface area contributed by atoms with Gasteiger partial charge >= 0.3 is 0 Å². The molecule has 0 bridgehead atoms. The van der Waals surface area contributed by atoms with Gasteiger partial charge in [-0.3, -0.25) is 4.79 Å². The van der Waals surface area contributed by atoms with E-state index in [1.54, 1.807) is 12.1 Å². The Labute approximate surface area is 127 Å². The Morgan fingerprint density at radius 1 is 1.38 bits per heavy atom. The van der Waals surface area contributed by atoms with E-state index in [1.165, 1.54) is 0 Å². The molecule has 21 heavy (non-hydrogen) atoms. The lowest BCUT2D eigenvalue weighted by Gasteiger charge is -2.34. The fourth-order valence-corrected chi connectivity index (χ4v) is 2.35. The largest absolute Gasteiger partial charge is 0.337 e. The minimum absolute atomic E-state index is 0.221. The molecule has 4 nitrogen and oxygen atoms in total. The van der Waals surface area contributed by atoms with E-state index in [0.717, 1.165) is 31.6 Å². The van der Waals surface area contributed by atoms with Gasteiger partial charge in [-0.25, -0.2) is 0 Å². The van der Waals surface area contributed by atoms with Crippen LogP contribution in [0.1, 0.15) is 38.3 Å². The standard InChI is InChI=1S/C15H19N3O.C2H6/c1-12-11-17-8-9-18(12)15(19)7-6-13-2-4-14(10-16)5-3-13;1-2/h2-5,12,17H,6-9,11H2,1H3;1-2H3. The number of nitriles is 1. The molecule has 1 aliphatic rings. The molecule has 1 aromatic rings. The molecule has 1 amide bonds. The molecule has 0 spiro atoms. The number of piperazine rings is 1. The zero-order chi connectivity index (χ0) is 15.7. The van der Waals surface area contributed by atoms with Gasteiger partial charge in [-0.15, -0.1) is 0 Å². The lowest BCUT2D eigenvalue weighted by Crippen LogP contribution is -2.52. The summed E-state index contributed by atoms with van der Waals surface area (Å²) in [5.74, 6) is 0.221. The lowest BCUT2D eigenvalue weighted by atomic mass is 10.1. The van der Waals surface area contributed by atoms with Crippen LogP contribution in [0.4, 0.5) is 0 Å². The Morgan fingerprint density at radius 3 is 2.62 bits per heavy atom. The number of hydrogen-bond acceptors (Lipinski definition) is 3. The fourth-order valence-electron chi connectivity index (χ4n) is 2.35. The first kappa shape index (κ1) is 17.2. The van der Waals surface area contributed by atoms with Gasteiger partial charge in [0.2, 0.25) is 5.91 Å². The SMILES string of the molecule is CC.CC1CNCCN1C(=O)CCc1ccc(C#N)cc1. The molecule has 0 aliphatic carbocycles. The third kappa shape index (κ3) is 5.20. The van der Waals surface area contributed by atoms with E-state index in [4.69, 9.17) is 5.26 Å². The first-order chi connectivity index (χ1) is 10.2. The van der Waals surface area contributed by atoms with Crippen LogP contribution in [0, 0.1) is 11.3 Å². The number of aryl methyl sites for hydroxylation is 1. The van der Waals surface area contributed by atoms with Crippen molar-refractivity contribution in [2.75, 3.05) is 19.6 Å². The highest BCUT2D eigenvalue weighted by Crippen LogP contribution is 2.10. The van der Waals surface area contributed by atoms with E-state index < -0.39 is 0 Å². The number of carbonyl (C=O) groups excluding carboxylic acids is 1. The van der Waals surface area contributed by atoms with Crippen molar-refractivity contribution in [1.82, 2.24) is 10.2 Å². The maximum atomic E-state index is 12.2. The van der Waals surface area contributed by atoms with Crippen molar-refractivity contribution in [3.63, 3.8) is 0 Å². The predicted octanol–water partition coefficient (Wildman–Crippen LogP) is 2.34. The summed E-state index contributed by atoms with van der Waals surface area (Å²) in [6.07, 6.45) is 1.28. The Morgan fingerprint density at radius 2 is 2.05 bits per heavy atom. The summed E-state index contributed by atoms with van der Waals surface area (Å²) >= 11 is 0. The average Bonchev–Trinajstić information content (AvgIpc) is 2.55. The second-order valence-corrected chi connectivity index (χ2v) is 4.95. The Hall–Kier alpha value is -1.86. The summed E-state index contributed by atoms with van der Waals surface area (Å²) in [7, 11) is 0. The van der Waals surface area contributed by atoms with Crippen molar-refractivity contribution in [1.29, 1.82) is 5.26 Å². The second-order valence-electron chi connectivity index (χ2n) is 4.95. The summed E-state index contributed by atoms with van der Waals surface area (Å²) in [4.78, 5) is 14.1. The zero-order valence-electron chi connectivity index (χ0n) is 13.2. The van der Waals surface area contributed by atoms with Gasteiger partial charge in [-0.1, -0.05) is 26.0 Å². The molecule has 1 atom stereocenters. The van der Waals surface area contributed by atoms with Crippen LogP contribution in [0.15, 0.2) is 24.3 Å².